The second kappa shape index (κ2) is 8.87. The van der Waals surface area contributed by atoms with Crippen molar-refractivity contribution in [3.63, 3.8) is 0 Å². The molecule has 0 aliphatic carbocycles. The van der Waals surface area contributed by atoms with Crippen LogP contribution in [0.15, 0.2) is 76.5 Å². The molecule has 0 radical (unpaired) electrons. The average Bonchev–Trinajstić information content (AvgIpc) is 3.47. The van der Waals surface area contributed by atoms with Crippen LogP contribution in [0.5, 0.6) is 11.5 Å². The minimum Gasteiger partial charge on any atom is -0.493 e. The third kappa shape index (κ3) is 3.95. The Morgan fingerprint density at radius 2 is 1.80 bits per heavy atom. The zero-order valence-corrected chi connectivity index (χ0v) is 17.3. The van der Waals surface area contributed by atoms with Gasteiger partial charge in [-0.05, 0) is 42.5 Å². The van der Waals surface area contributed by atoms with Crippen LogP contribution in [0.4, 0.5) is 0 Å². The van der Waals surface area contributed by atoms with E-state index in [9.17, 15) is 4.79 Å². The summed E-state index contributed by atoms with van der Waals surface area (Å²) in [5.41, 5.74) is 1.42. The molecule has 7 nitrogen and oxygen atoms in total. The monoisotopic (exact) mass is 421 g/mol. The normalized spacial score (nSPS) is 10.7. The summed E-state index contributed by atoms with van der Waals surface area (Å²) in [7, 11) is 3.10. The maximum absolute atomic E-state index is 12.8. The van der Waals surface area contributed by atoms with Crippen LogP contribution in [0.2, 0.25) is 0 Å². The van der Waals surface area contributed by atoms with E-state index in [0.29, 0.717) is 33.8 Å². The molecule has 2 aromatic carbocycles. The van der Waals surface area contributed by atoms with Gasteiger partial charge in [-0.2, -0.15) is 0 Å². The Kier molecular flexibility index (Phi) is 5.85. The van der Waals surface area contributed by atoms with E-state index in [2.05, 4.69) is 10.2 Å². The van der Waals surface area contributed by atoms with Crippen molar-refractivity contribution in [3.8, 4) is 28.8 Å². The fourth-order valence-electron chi connectivity index (χ4n) is 2.96. The highest BCUT2D eigenvalue weighted by atomic mass is 32.2. The quantitative estimate of drug-likeness (QED) is 0.306. The number of carbonyl (C=O) groups is 1. The third-order valence-electron chi connectivity index (χ3n) is 4.43. The van der Waals surface area contributed by atoms with Crippen LogP contribution in [0.3, 0.4) is 0 Å². The number of rotatable bonds is 8. The van der Waals surface area contributed by atoms with Crippen LogP contribution in [0.1, 0.15) is 10.4 Å². The molecular formula is C22H19N3O4S. The molecule has 0 bridgehead atoms. The first kappa shape index (κ1) is 19.8. The summed E-state index contributed by atoms with van der Waals surface area (Å²) in [6.45, 7) is 0. The summed E-state index contributed by atoms with van der Waals surface area (Å²) in [6, 6.07) is 18.5. The lowest BCUT2D eigenvalue weighted by Gasteiger charge is -2.10. The number of carbonyl (C=O) groups excluding carboxylic acids is 1. The maximum Gasteiger partial charge on any atom is 0.205 e. The molecular weight excluding hydrogens is 402 g/mol. The number of hydrogen-bond donors (Lipinski definition) is 0. The Morgan fingerprint density at radius 3 is 2.50 bits per heavy atom. The van der Waals surface area contributed by atoms with Crippen molar-refractivity contribution in [2.24, 2.45) is 0 Å². The first-order chi connectivity index (χ1) is 14.7. The Hall–Kier alpha value is -3.52. The standard InChI is InChI=1S/C22H19N3O4S/c1-27-18-11-10-15(13-20(18)28-2)17(26)14-30-22-24-23-21(19-9-6-12-29-19)25(22)16-7-4-3-5-8-16/h3-13H,14H2,1-2H3. The molecule has 30 heavy (non-hydrogen) atoms. The second-order valence-electron chi connectivity index (χ2n) is 6.24. The van der Waals surface area contributed by atoms with E-state index in [1.807, 2.05) is 41.0 Å². The number of para-hydroxylation sites is 1. The third-order valence-corrected chi connectivity index (χ3v) is 5.36. The molecule has 0 atom stereocenters. The molecule has 0 N–H and O–H groups in total. The molecule has 2 heterocycles. The number of aromatic nitrogens is 3. The lowest BCUT2D eigenvalue weighted by molar-refractivity contribution is 0.102. The number of furan rings is 1. The highest BCUT2D eigenvalue weighted by Gasteiger charge is 2.19. The van der Waals surface area contributed by atoms with Gasteiger partial charge in [-0.1, -0.05) is 30.0 Å². The van der Waals surface area contributed by atoms with Crippen molar-refractivity contribution in [1.29, 1.82) is 0 Å². The van der Waals surface area contributed by atoms with Gasteiger partial charge in [0.15, 0.2) is 28.2 Å². The number of ether oxygens (including phenoxy) is 2. The number of benzene rings is 2. The molecule has 0 saturated heterocycles. The summed E-state index contributed by atoms with van der Waals surface area (Å²) in [5.74, 6) is 2.41. The van der Waals surface area contributed by atoms with Gasteiger partial charge in [-0.3, -0.25) is 9.36 Å². The molecule has 8 heteroatoms. The van der Waals surface area contributed by atoms with Gasteiger partial charge in [-0.25, -0.2) is 0 Å². The minimum atomic E-state index is -0.0527. The highest BCUT2D eigenvalue weighted by molar-refractivity contribution is 7.99. The fourth-order valence-corrected chi connectivity index (χ4v) is 3.81. The van der Waals surface area contributed by atoms with Crippen molar-refractivity contribution in [2.75, 3.05) is 20.0 Å². The van der Waals surface area contributed by atoms with Crippen LogP contribution in [-0.2, 0) is 0 Å². The predicted octanol–water partition coefficient (Wildman–Crippen LogP) is 4.52. The van der Waals surface area contributed by atoms with Crippen LogP contribution in [0.25, 0.3) is 17.3 Å². The molecule has 0 unspecified atom stereocenters. The summed E-state index contributed by atoms with van der Waals surface area (Å²) >= 11 is 1.31. The van der Waals surface area contributed by atoms with E-state index < -0.39 is 0 Å². The smallest absolute Gasteiger partial charge is 0.205 e. The lowest BCUT2D eigenvalue weighted by atomic mass is 10.1. The topological polar surface area (TPSA) is 79.4 Å². The molecule has 0 fully saturated rings. The predicted molar refractivity (Wildman–Crippen MR) is 114 cm³/mol. The maximum atomic E-state index is 12.8. The molecule has 152 valence electrons. The van der Waals surface area contributed by atoms with Gasteiger partial charge in [0.05, 0.1) is 26.2 Å². The van der Waals surface area contributed by atoms with Gasteiger partial charge in [0.1, 0.15) is 0 Å². The van der Waals surface area contributed by atoms with Crippen LogP contribution < -0.4 is 9.47 Å². The van der Waals surface area contributed by atoms with E-state index in [-0.39, 0.29) is 11.5 Å². The van der Waals surface area contributed by atoms with E-state index in [1.165, 1.54) is 11.8 Å². The SMILES string of the molecule is COc1ccc(C(=O)CSc2nnc(-c3ccco3)n2-c2ccccc2)cc1OC. The number of hydrogen-bond acceptors (Lipinski definition) is 7. The molecule has 0 spiro atoms. The largest absolute Gasteiger partial charge is 0.493 e. The van der Waals surface area contributed by atoms with E-state index in [1.54, 1.807) is 44.7 Å². The zero-order valence-electron chi connectivity index (χ0n) is 16.4. The van der Waals surface area contributed by atoms with Crippen molar-refractivity contribution in [3.05, 3.63) is 72.5 Å². The van der Waals surface area contributed by atoms with Crippen LogP contribution in [0, 0.1) is 0 Å². The van der Waals surface area contributed by atoms with E-state index in [0.717, 1.165) is 5.69 Å². The van der Waals surface area contributed by atoms with E-state index in [4.69, 9.17) is 13.9 Å². The number of nitrogens with zero attached hydrogens (tertiary/aromatic N) is 3. The first-order valence-electron chi connectivity index (χ1n) is 9.14. The van der Waals surface area contributed by atoms with Crippen molar-refractivity contribution < 1.29 is 18.7 Å². The number of thioether (sulfide) groups is 1. The van der Waals surface area contributed by atoms with Crippen LogP contribution in [-0.4, -0.2) is 40.5 Å². The second-order valence-corrected chi connectivity index (χ2v) is 7.18. The first-order valence-corrected chi connectivity index (χ1v) is 10.1. The van der Waals surface area contributed by atoms with Crippen molar-refractivity contribution in [2.45, 2.75) is 5.16 Å². The molecule has 0 saturated carbocycles. The summed E-state index contributed by atoms with van der Waals surface area (Å²) in [5, 5.41) is 9.18. The molecule has 0 aliphatic heterocycles. The fraction of sp³-hybridized carbons (Fsp3) is 0.136. The molecule has 4 rings (SSSR count). The Balaban J connectivity index is 1.60. The Bertz CT molecular complexity index is 1140. The van der Waals surface area contributed by atoms with Gasteiger partial charge >= 0.3 is 0 Å². The number of methoxy groups -OCH3 is 2. The van der Waals surface area contributed by atoms with Crippen LogP contribution >= 0.6 is 11.8 Å². The molecule has 0 amide bonds. The molecule has 0 aliphatic rings. The van der Waals surface area contributed by atoms with Gasteiger partial charge in [0.25, 0.3) is 0 Å². The number of ketones is 1. The Morgan fingerprint density at radius 1 is 1.00 bits per heavy atom. The summed E-state index contributed by atoms with van der Waals surface area (Å²) in [6.07, 6.45) is 1.59. The minimum absolute atomic E-state index is 0.0527. The number of Topliss-reactive ketones (excluding diaryl/α,β-unsaturated/α-hetero) is 1. The summed E-state index contributed by atoms with van der Waals surface area (Å²) in [4.78, 5) is 12.8. The highest BCUT2D eigenvalue weighted by Crippen LogP contribution is 2.30. The zero-order chi connectivity index (χ0) is 20.9. The molecule has 2 aromatic heterocycles. The van der Waals surface area contributed by atoms with Gasteiger partial charge < -0.3 is 13.9 Å². The van der Waals surface area contributed by atoms with Gasteiger partial charge in [0.2, 0.25) is 5.82 Å². The lowest BCUT2D eigenvalue weighted by Crippen LogP contribution is -2.05. The van der Waals surface area contributed by atoms with Gasteiger partial charge in [-0.15, -0.1) is 10.2 Å². The van der Waals surface area contributed by atoms with Gasteiger partial charge in [0, 0.05) is 11.3 Å². The average molecular weight is 421 g/mol. The van der Waals surface area contributed by atoms with Crippen molar-refractivity contribution >= 4 is 17.5 Å². The molecule has 4 aromatic rings. The Labute approximate surface area is 177 Å². The summed E-state index contributed by atoms with van der Waals surface area (Å²) < 4.78 is 17.9. The van der Waals surface area contributed by atoms with E-state index >= 15 is 0 Å². The van der Waals surface area contributed by atoms with Crippen molar-refractivity contribution in [1.82, 2.24) is 14.8 Å².